The van der Waals surface area contributed by atoms with E-state index in [0.29, 0.717) is 30.0 Å². The van der Waals surface area contributed by atoms with Gasteiger partial charge in [-0.15, -0.1) is 0 Å². The van der Waals surface area contributed by atoms with E-state index < -0.39 is 5.69 Å². The van der Waals surface area contributed by atoms with Crippen LogP contribution >= 0.6 is 15.9 Å². The topological polar surface area (TPSA) is 71.1 Å². The Balaban J connectivity index is 1.72. The third-order valence-corrected chi connectivity index (χ3v) is 5.43. The van der Waals surface area contributed by atoms with Gasteiger partial charge in [0.25, 0.3) is 5.56 Å². The molecule has 0 saturated carbocycles. The van der Waals surface area contributed by atoms with Crippen LogP contribution in [-0.4, -0.2) is 25.3 Å². The predicted molar refractivity (Wildman–Crippen MR) is 119 cm³/mol. The third-order valence-electron chi connectivity index (χ3n) is 4.91. The minimum atomic E-state index is -0.392. The molecule has 2 heterocycles. The summed E-state index contributed by atoms with van der Waals surface area (Å²) in [6, 6.07) is 17.1. The Labute approximate surface area is 181 Å². The number of hydrogen-bond acceptors (Lipinski definition) is 4. The first-order valence-electron chi connectivity index (χ1n) is 9.69. The molecule has 0 bridgehead atoms. The highest BCUT2D eigenvalue weighted by Gasteiger charge is 2.18. The maximum atomic E-state index is 13.2. The van der Waals surface area contributed by atoms with Crippen molar-refractivity contribution in [1.82, 2.24) is 18.7 Å². The van der Waals surface area contributed by atoms with Gasteiger partial charge in [-0.3, -0.25) is 13.9 Å². The molecule has 0 amide bonds. The summed E-state index contributed by atoms with van der Waals surface area (Å²) in [4.78, 5) is 30.7. The SMILES string of the molecule is CCn1cnc2c1c(=O)n(CCOc1ccc(Br)cc1)c(=O)n2Cc1ccccc1. The van der Waals surface area contributed by atoms with Gasteiger partial charge < -0.3 is 9.30 Å². The van der Waals surface area contributed by atoms with Gasteiger partial charge in [0.1, 0.15) is 12.4 Å². The summed E-state index contributed by atoms with van der Waals surface area (Å²) in [6.45, 7) is 3.21. The van der Waals surface area contributed by atoms with Crippen molar-refractivity contribution < 1.29 is 4.74 Å². The Bertz CT molecular complexity index is 1270. The van der Waals surface area contributed by atoms with Gasteiger partial charge in [-0.1, -0.05) is 46.3 Å². The average Bonchev–Trinajstić information content (AvgIpc) is 3.20. The Morgan fingerprint density at radius 2 is 1.73 bits per heavy atom. The first-order valence-corrected chi connectivity index (χ1v) is 10.5. The zero-order chi connectivity index (χ0) is 21.1. The Morgan fingerprint density at radius 1 is 1.00 bits per heavy atom. The van der Waals surface area contributed by atoms with Crippen molar-refractivity contribution >= 4 is 27.1 Å². The van der Waals surface area contributed by atoms with Crippen molar-refractivity contribution in [2.75, 3.05) is 6.61 Å². The van der Waals surface area contributed by atoms with Gasteiger partial charge in [0.15, 0.2) is 11.2 Å². The van der Waals surface area contributed by atoms with Gasteiger partial charge in [0, 0.05) is 11.0 Å². The first kappa shape index (κ1) is 20.2. The lowest BCUT2D eigenvalue weighted by atomic mass is 10.2. The van der Waals surface area contributed by atoms with Gasteiger partial charge in [-0.05, 0) is 36.8 Å². The van der Waals surface area contributed by atoms with Gasteiger partial charge in [0.05, 0.1) is 19.4 Å². The van der Waals surface area contributed by atoms with Gasteiger partial charge in [-0.2, -0.15) is 0 Å². The molecule has 0 saturated heterocycles. The summed E-state index contributed by atoms with van der Waals surface area (Å²) in [6.07, 6.45) is 1.61. The van der Waals surface area contributed by atoms with Crippen molar-refractivity contribution in [3.8, 4) is 5.75 Å². The van der Waals surface area contributed by atoms with E-state index in [-0.39, 0.29) is 18.7 Å². The fourth-order valence-corrected chi connectivity index (χ4v) is 3.63. The Hall–Kier alpha value is -3.13. The zero-order valence-electron chi connectivity index (χ0n) is 16.5. The number of rotatable bonds is 7. The van der Waals surface area contributed by atoms with Crippen LogP contribution < -0.4 is 16.0 Å². The lowest BCUT2D eigenvalue weighted by Crippen LogP contribution is -2.42. The molecule has 4 aromatic rings. The molecule has 0 aliphatic rings. The summed E-state index contributed by atoms with van der Waals surface area (Å²) in [5, 5.41) is 0. The van der Waals surface area contributed by atoms with Crippen molar-refractivity contribution in [3.05, 3.63) is 91.8 Å². The van der Waals surface area contributed by atoms with E-state index in [0.717, 1.165) is 10.0 Å². The number of aromatic nitrogens is 4. The molecular formula is C22H21BrN4O3. The Kier molecular flexibility index (Phi) is 5.85. The van der Waals surface area contributed by atoms with E-state index in [1.165, 1.54) is 4.57 Å². The number of halogens is 1. The number of nitrogens with zero attached hydrogens (tertiary/aromatic N) is 4. The number of benzene rings is 2. The van der Waals surface area contributed by atoms with E-state index in [1.54, 1.807) is 15.5 Å². The predicted octanol–water partition coefficient (Wildman–Crippen LogP) is 3.27. The lowest BCUT2D eigenvalue weighted by molar-refractivity contribution is 0.292. The summed E-state index contributed by atoms with van der Waals surface area (Å²) in [5.74, 6) is 0.676. The number of aryl methyl sites for hydroxylation is 1. The largest absolute Gasteiger partial charge is 0.492 e. The maximum absolute atomic E-state index is 13.2. The molecule has 0 fully saturated rings. The highest BCUT2D eigenvalue weighted by atomic mass is 79.9. The van der Waals surface area contributed by atoms with E-state index in [9.17, 15) is 9.59 Å². The second-order valence-electron chi connectivity index (χ2n) is 6.82. The van der Waals surface area contributed by atoms with Crippen molar-refractivity contribution in [1.29, 1.82) is 0 Å². The molecule has 0 unspecified atom stereocenters. The fourth-order valence-electron chi connectivity index (χ4n) is 3.37. The fraction of sp³-hybridized carbons (Fsp3) is 0.227. The molecule has 30 heavy (non-hydrogen) atoms. The number of imidazole rings is 1. The monoisotopic (exact) mass is 468 g/mol. The van der Waals surface area contributed by atoms with Crippen LogP contribution in [0.4, 0.5) is 0 Å². The van der Waals surface area contributed by atoms with Gasteiger partial charge in [-0.25, -0.2) is 9.78 Å². The van der Waals surface area contributed by atoms with Crippen LogP contribution in [0.1, 0.15) is 12.5 Å². The molecule has 0 aliphatic carbocycles. The van der Waals surface area contributed by atoms with Crippen molar-refractivity contribution in [3.63, 3.8) is 0 Å². The molecule has 154 valence electrons. The first-order chi connectivity index (χ1) is 14.6. The maximum Gasteiger partial charge on any atom is 0.333 e. The number of hydrogen-bond donors (Lipinski definition) is 0. The summed E-state index contributed by atoms with van der Waals surface area (Å²) in [5.41, 5.74) is 1.05. The molecule has 0 aliphatic heterocycles. The quantitative estimate of drug-likeness (QED) is 0.417. The molecule has 4 rings (SSSR count). The second-order valence-corrected chi connectivity index (χ2v) is 7.73. The molecule has 7 nitrogen and oxygen atoms in total. The molecule has 0 atom stereocenters. The van der Waals surface area contributed by atoms with E-state index >= 15 is 0 Å². The van der Waals surface area contributed by atoms with Crippen LogP contribution in [0, 0.1) is 0 Å². The van der Waals surface area contributed by atoms with Crippen LogP contribution in [0.25, 0.3) is 11.2 Å². The highest BCUT2D eigenvalue weighted by Crippen LogP contribution is 2.16. The van der Waals surface area contributed by atoms with Gasteiger partial charge in [0.2, 0.25) is 0 Å². The normalized spacial score (nSPS) is 11.1. The van der Waals surface area contributed by atoms with Crippen LogP contribution in [0.3, 0.4) is 0 Å². The van der Waals surface area contributed by atoms with Gasteiger partial charge >= 0.3 is 5.69 Å². The molecule has 2 aromatic heterocycles. The number of ether oxygens (including phenoxy) is 1. The van der Waals surface area contributed by atoms with Crippen LogP contribution in [0.2, 0.25) is 0 Å². The lowest BCUT2D eigenvalue weighted by Gasteiger charge is -2.13. The summed E-state index contributed by atoms with van der Waals surface area (Å²) < 4.78 is 11.2. The highest BCUT2D eigenvalue weighted by molar-refractivity contribution is 9.10. The van der Waals surface area contributed by atoms with E-state index in [4.69, 9.17) is 4.74 Å². The third kappa shape index (κ3) is 3.95. The van der Waals surface area contributed by atoms with Crippen molar-refractivity contribution in [2.24, 2.45) is 0 Å². The van der Waals surface area contributed by atoms with E-state index in [1.807, 2.05) is 61.5 Å². The average molecular weight is 469 g/mol. The van der Waals surface area contributed by atoms with E-state index in [2.05, 4.69) is 20.9 Å². The minimum absolute atomic E-state index is 0.146. The molecule has 0 spiro atoms. The molecule has 0 radical (unpaired) electrons. The summed E-state index contributed by atoms with van der Waals surface area (Å²) >= 11 is 3.38. The second kappa shape index (κ2) is 8.71. The molecule has 0 N–H and O–H groups in total. The Morgan fingerprint density at radius 3 is 2.43 bits per heavy atom. The molecule has 8 heteroatoms. The molecular weight excluding hydrogens is 448 g/mol. The summed E-state index contributed by atoms with van der Waals surface area (Å²) in [7, 11) is 0. The standard InChI is InChI=1S/C22H21BrN4O3/c1-2-25-15-24-20-19(25)21(28)26(12-13-30-18-10-8-17(23)9-11-18)22(29)27(20)14-16-6-4-3-5-7-16/h3-11,15H,2,12-14H2,1H3. The van der Waals surface area contributed by atoms with Crippen molar-refractivity contribution in [2.45, 2.75) is 26.6 Å². The van der Waals surface area contributed by atoms with Crippen LogP contribution in [0.5, 0.6) is 5.75 Å². The van der Waals surface area contributed by atoms with Crippen LogP contribution in [0.15, 0.2) is 75.0 Å². The minimum Gasteiger partial charge on any atom is -0.492 e. The molecule has 2 aromatic carbocycles. The van der Waals surface area contributed by atoms with Crippen LogP contribution in [-0.2, 0) is 19.6 Å². The number of fused-ring (bicyclic) bond motifs is 1. The zero-order valence-corrected chi connectivity index (χ0v) is 18.1. The smallest absolute Gasteiger partial charge is 0.333 e.